The second-order valence-corrected chi connectivity index (χ2v) is 7.60. The van der Waals surface area contributed by atoms with Crippen LogP contribution in [0.2, 0.25) is 4.34 Å². The number of halogens is 4. The average Bonchev–Trinajstić information content (AvgIpc) is 2.89. The molecular formula is C15H16BrCl2FN2S. The lowest BCUT2D eigenvalue weighted by Crippen LogP contribution is -2.45. The largest absolute Gasteiger partial charge is 0.314 e. The summed E-state index contributed by atoms with van der Waals surface area (Å²) >= 11 is 11.2. The van der Waals surface area contributed by atoms with E-state index in [9.17, 15) is 4.39 Å². The lowest BCUT2D eigenvalue weighted by molar-refractivity contribution is 0.200. The maximum absolute atomic E-state index is 13.4. The van der Waals surface area contributed by atoms with Crippen molar-refractivity contribution in [1.29, 1.82) is 0 Å². The summed E-state index contributed by atoms with van der Waals surface area (Å²) in [5, 5.41) is 3.37. The number of nitrogens with zero attached hydrogens (tertiary/aromatic N) is 1. The fraction of sp³-hybridized carbons (Fsp3) is 0.333. The number of piperazine rings is 1. The summed E-state index contributed by atoms with van der Waals surface area (Å²) in [5.74, 6) is -0.228. The van der Waals surface area contributed by atoms with Crippen molar-refractivity contribution in [3.8, 4) is 0 Å². The van der Waals surface area contributed by atoms with Gasteiger partial charge in [-0.25, -0.2) is 4.39 Å². The number of hydrogen-bond donors (Lipinski definition) is 1. The minimum absolute atomic E-state index is 0. The molecule has 3 rings (SSSR count). The van der Waals surface area contributed by atoms with Crippen molar-refractivity contribution in [3.63, 3.8) is 0 Å². The molecule has 0 bridgehead atoms. The van der Waals surface area contributed by atoms with Crippen molar-refractivity contribution in [2.75, 3.05) is 26.2 Å². The zero-order valence-electron chi connectivity index (χ0n) is 11.7. The van der Waals surface area contributed by atoms with E-state index < -0.39 is 0 Å². The van der Waals surface area contributed by atoms with E-state index in [0.717, 1.165) is 40.6 Å². The summed E-state index contributed by atoms with van der Waals surface area (Å²) in [5.41, 5.74) is 1.08. The topological polar surface area (TPSA) is 15.3 Å². The molecule has 1 aromatic heterocycles. The Bertz CT molecular complexity index is 632. The molecule has 1 aromatic carbocycles. The van der Waals surface area contributed by atoms with Crippen LogP contribution in [0.4, 0.5) is 4.39 Å². The fourth-order valence-electron chi connectivity index (χ4n) is 2.67. The van der Waals surface area contributed by atoms with Crippen molar-refractivity contribution >= 4 is 51.3 Å². The maximum atomic E-state index is 13.4. The first-order valence-corrected chi connectivity index (χ1v) is 8.79. The van der Waals surface area contributed by atoms with Crippen LogP contribution in [0.15, 0.2) is 34.8 Å². The highest BCUT2D eigenvalue weighted by Gasteiger charge is 2.26. The van der Waals surface area contributed by atoms with E-state index in [1.54, 1.807) is 11.3 Å². The van der Waals surface area contributed by atoms with E-state index in [1.807, 2.05) is 12.1 Å². The van der Waals surface area contributed by atoms with Crippen LogP contribution in [0.25, 0.3) is 0 Å². The van der Waals surface area contributed by atoms with E-state index in [4.69, 9.17) is 11.6 Å². The van der Waals surface area contributed by atoms with Gasteiger partial charge in [0, 0.05) is 35.5 Å². The molecule has 2 aromatic rings. The summed E-state index contributed by atoms with van der Waals surface area (Å²) in [6.45, 7) is 3.86. The van der Waals surface area contributed by atoms with Crippen molar-refractivity contribution in [1.82, 2.24) is 10.2 Å². The van der Waals surface area contributed by atoms with Gasteiger partial charge in [-0.05, 0) is 29.8 Å². The molecule has 22 heavy (non-hydrogen) atoms. The monoisotopic (exact) mass is 424 g/mol. The fourth-order valence-corrected chi connectivity index (χ4v) is 4.45. The van der Waals surface area contributed by atoms with Gasteiger partial charge in [0.2, 0.25) is 0 Å². The molecule has 7 heteroatoms. The van der Waals surface area contributed by atoms with Crippen molar-refractivity contribution < 1.29 is 4.39 Å². The Kier molecular flexibility index (Phi) is 6.68. The van der Waals surface area contributed by atoms with Crippen LogP contribution < -0.4 is 5.32 Å². The molecule has 2 heterocycles. The molecule has 1 fully saturated rings. The Hall–Kier alpha value is -0.170. The molecule has 1 aliphatic rings. The van der Waals surface area contributed by atoms with E-state index >= 15 is 0 Å². The first kappa shape index (κ1) is 18.2. The Morgan fingerprint density at radius 3 is 2.55 bits per heavy atom. The SMILES string of the molecule is Cl.Fc1ccc([C@H](c2ccc(Cl)s2)N2CCNCC2)c(Br)c1. The van der Waals surface area contributed by atoms with Crippen LogP contribution in [0, 0.1) is 5.82 Å². The molecule has 1 aliphatic heterocycles. The van der Waals surface area contributed by atoms with Crippen LogP contribution in [-0.2, 0) is 0 Å². The lowest BCUT2D eigenvalue weighted by atomic mass is 10.0. The van der Waals surface area contributed by atoms with Crippen LogP contribution >= 0.6 is 51.3 Å². The van der Waals surface area contributed by atoms with Gasteiger partial charge >= 0.3 is 0 Å². The number of hydrogen-bond acceptors (Lipinski definition) is 3. The third kappa shape index (κ3) is 4.02. The predicted molar refractivity (Wildman–Crippen MR) is 97.0 cm³/mol. The van der Waals surface area contributed by atoms with E-state index in [1.165, 1.54) is 17.0 Å². The quantitative estimate of drug-likeness (QED) is 0.765. The Morgan fingerprint density at radius 1 is 1.23 bits per heavy atom. The van der Waals surface area contributed by atoms with Crippen LogP contribution in [0.3, 0.4) is 0 Å². The summed E-state index contributed by atoms with van der Waals surface area (Å²) in [4.78, 5) is 3.60. The van der Waals surface area contributed by atoms with Gasteiger partial charge in [0.1, 0.15) is 5.82 Å². The smallest absolute Gasteiger partial charge is 0.124 e. The zero-order chi connectivity index (χ0) is 14.8. The molecule has 120 valence electrons. The van der Waals surface area contributed by atoms with Crippen molar-refractivity contribution in [2.45, 2.75) is 6.04 Å². The Labute approximate surface area is 153 Å². The van der Waals surface area contributed by atoms with Crippen LogP contribution in [0.1, 0.15) is 16.5 Å². The maximum Gasteiger partial charge on any atom is 0.124 e. The van der Waals surface area contributed by atoms with E-state index in [-0.39, 0.29) is 24.3 Å². The molecule has 0 spiro atoms. The highest BCUT2D eigenvalue weighted by molar-refractivity contribution is 9.10. The molecule has 2 nitrogen and oxygen atoms in total. The molecule has 0 aliphatic carbocycles. The lowest BCUT2D eigenvalue weighted by Gasteiger charge is -2.35. The van der Waals surface area contributed by atoms with Gasteiger partial charge in [0.25, 0.3) is 0 Å². The Balaban J connectivity index is 0.00000176. The molecule has 1 atom stereocenters. The second kappa shape index (κ2) is 8.08. The third-order valence-electron chi connectivity index (χ3n) is 3.64. The van der Waals surface area contributed by atoms with E-state index in [2.05, 4.69) is 32.2 Å². The van der Waals surface area contributed by atoms with Crippen molar-refractivity contribution in [3.05, 3.63) is 55.4 Å². The minimum atomic E-state index is -0.228. The summed E-state index contributed by atoms with van der Waals surface area (Å²) in [6, 6.07) is 9.01. The normalized spacial score (nSPS) is 17.0. The molecule has 0 saturated carbocycles. The van der Waals surface area contributed by atoms with Crippen molar-refractivity contribution in [2.24, 2.45) is 0 Å². The van der Waals surface area contributed by atoms with Gasteiger partial charge < -0.3 is 5.32 Å². The summed E-state index contributed by atoms with van der Waals surface area (Å²) in [6.07, 6.45) is 0. The number of rotatable bonds is 3. The molecule has 0 unspecified atom stereocenters. The third-order valence-corrected chi connectivity index (χ3v) is 5.61. The molecular weight excluding hydrogens is 410 g/mol. The van der Waals surface area contributed by atoms with Crippen LogP contribution in [-0.4, -0.2) is 31.1 Å². The standard InChI is InChI=1S/C15H15BrClFN2S.ClH/c16-12-9-10(18)1-2-11(12)15(13-3-4-14(17)21-13)20-7-5-19-6-8-20;/h1-4,9,15,19H,5-8H2;1H/t15-;/m1./s1. The predicted octanol–water partition coefficient (Wildman–Crippen LogP) is 4.72. The first-order chi connectivity index (χ1) is 10.1. The number of benzene rings is 1. The van der Waals surface area contributed by atoms with Gasteiger partial charge in [-0.1, -0.05) is 33.6 Å². The summed E-state index contributed by atoms with van der Waals surface area (Å²) < 4.78 is 15.0. The van der Waals surface area contributed by atoms with Gasteiger partial charge in [-0.2, -0.15) is 0 Å². The average molecular weight is 426 g/mol. The Morgan fingerprint density at radius 2 is 1.95 bits per heavy atom. The number of nitrogens with one attached hydrogen (secondary N) is 1. The number of thiophene rings is 1. The molecule has 0 radical (unpaired) electrons. The molecule has 0 amide bonds. The zero-order valence-corrected chi connectivity index (χ0v) is 15.7. The molecule has 1 N–H and O–H groups in total. The van der Waals surface area contributed by atoms with Gasteiger partial charge in [0.15, 0.2) is 0 Å². The van der Waals surface area contributed by atoms with Gasteiger partial charge in [-0.15, -0.1) is 23.7 Å². The van der Waals surface area contributed by atoms with Gasteiger partial charge in [-0.3, -0.25) is 4.90 Å². The second-order valence-electron chi connectivity index (χ2n) is 5.00. The summed E-state index contributed by atoms with van der Waals surface area (Å²) in [7, 11) is 0. The van der Waals surface area contributed by atoms with Crippen LogP contribution in [0.5, 0.6) is 0 Å². The van der Waals surface area contributed by atoms with E-state index in [0.29, 0.717) is 0 Å². The first-order valence-electron chi connectivity index (χ1n) is 6.80. The highest BCUT2D eigenvalue weighted by Crippen LogP contribution is 2.38. The minimum Gasteiger partial charge on any atom is -0.314 e. The van der Waals surface area contributed by atoms with Gasteiger partial charge in [0.05, 0.1) is 10.4 Å². The molecule has 1 saturated heterocycles. The highest BCUT2D eigenvalue weighted by atomic mass is 79.9.